The predicted molar refractivity (Wildman–Crippen MR) is 145 cm³/mol. The van der Waals surface area contributed by atoms with Gasteiger partial charge in [-0.2, -0.15) is 0 Å². The molecule has 2 aromatic carbocycles. The summed E-state index contributed by atoms with van der Waals surface area (Å²) in [5, 5.41) is 10.1. The van der Waals surface area contributed by atoms with E-state index < -0.39 is 0 Å². The van der Waals surface area contributed by atoms with Gasteiger partial charge in [0.25, 0.3) is 0 Å². The minimum absolute atomic E-state index is 0.269. The number of hydrogen-bond donors (Lipinski definition) is 4. The zero-order chi connectivity index (χ0) is 26.2. The van der Waals surface area contributed by atoms with Crippen LogP contribution in [0.25, 0.3) is 10.9 Å². The molecule has 4 rings (SSSR count). The van der Waals surface area contributed by atoms with Crippen molar-refractivity contribution in [1.82, 2.24) is 19.9 Å². The number of benzene rings is 2. The van der Waals surface area contributed by atoms with Crippen molar-refractivity contribution in [2.75, 3.05) is 36.6 Å². The monoisotopic (exact) mass is 500 g/mol. The molecule has 0 unspecified atom stereocenters. The van der Waals surface area contributed by atoms with Gasteiger partial charge in [-0.25, -0.2) is 19.3 Å². The number of aromatic nitrogens is 3. The Bertz CT molecular complexity index is 1420. The van der Waals surface area contributed by atoms with E-state index in [0.29, 0.717) is 42.2 Å². The fourth-order valence-corrected chi connectivity index (χ4v) is 3.66. The molecular weight excluding hydrogens is 471 g/mol. The van der Waals surface area contributed by atoms with Gasteiger partial charge >= 0.3 is 0 Å². The van der Waals surface area contributed by atoms with Crippen LogP contribution in [0.4, 0.5) is 27.4 Å². The molecule has 0 saturated carbocycles. The second kappa shape index (κ2) is 12.0. The lowest BCUT2D eigenvalue weighted by Gasteiger charge is -2.14. The maximum Gasteiger partial charge on any atom is 0.249 e. The fraction of sp³-hybridized carbons (Fsp3) is 0.185. The average molecular weight is 501 g/mol. The summed E-state index contributed by atoms with van der Waals surface area (Å²) in [6, 6.07) is 13.9. The Morgan fingerprint density at radius 2 is 1.97 bits per heavy atom. The number of carbonyl (C=O) groups is 1. The number of anilines is 4. The molecule has 0 aliphatic rings. The number of carbonyl (C=O) groups excluding carboxylic acids is 1. The average Bonchev–Trinajstić information content (AvgIpc) is 2.88. The van der Waals surface area contributed by atoms with Gasteiger partial charge in [-0.05, 0) is 61.6 Å². The summed E-state index contributed by atoms with van der Waals surface area (Å²) >= 11 is 0. The fourth-order valence-electron chi connectivity index (χ4n) is 3.66. The summed E-state index contributed by atoms with van der Waals surface area (Å²) in [4.78, 5) is 27.1. The van der Waals surface area contributed by atoms with Crippen LogP contribution >= 0.6 is 0 Å². The molecule has 0 saturated heterocycles. The predicted octanol–water partition coefficient (Wildman–Crippen LogP) is 4.03. The molecule has 0 aliphatic carbocycles. The van der Waals surface area contributed by atoms with Crippen LogP contribution in [-0.4, -0.2) is 46.4 Å². The van der Waals surface area contributed by atoms with Crippen LogP contribution in [0, 0.1) is 5.82 Å². The molecule has 9 nitrogen and oxygen atoms in total. The number of nitrogens with two attached hydrogens (primary N) is 1. The third-order valence-corrected chi connectivity index (χ3v) is 5.47. The maximum absolute atomic E-state index is 13.5. The van der Waals surface area contributed by atoms with E-state index in [0.717, 1.165) is 22.5 Å². The normalized spacial score (nSPS) is 11.3. The molecule has 0 atom stereocenters. The highest BCUT2D eigenvalue weighted by Crippen LogP contribution is 2.27. The first kappa shape index (κ1) is 25.7. The number of likely N-dealkylation sites (N-methyl/N-ethyl adjacent to an activating group) is 1. The first-order valence-corrected chi connectivity index (χ1v) is 11.7. The molecule has 0 radical (unpaired) electrons. The van der Waals surface area contributed by atoms with Gasteiger partial charge in [0.15, 0.2) is 0 Å². The van der Waals surface area contributed by atoms with Crippen LogP contribution in [0.5, 0.6) is 0 Å². The molecule has 2 heterocycles. The highest BCUT2D eigenvalue weighted by Gasteiger charge is 2.10. The number of pyridine rings is 1. The number of rotatable bonds is 10. The summed E-state index contributed by atoms with van der Waals surface area (Å²) in [6.45, 7) is 1.44. The van der Waals surface area contributed by atoms with Gasteiger partial charge in [0, 0.05) is 42.5 Å². The molecule has 0 bridgehead atoms. The lowest BCUT2D eigenvalue weighted by molar-refractivity contribution is -0.111. The van der Waals surface area contributed by atoms with Crippen molar-refractivity contribution in [1.29, 1.82) is 0 Å². The molecule has 0 spiro atoms. The van der Waals surface area contributed by atoms with Gasteiger partial charge in [-0.15, -0.1) is 0 Å². The Hall–Kier alpha value is -4.41. The highest BCUT2D eigenvalue weighted by atomic mass is 19.1. The Kier molecular flexibility index (Phi) is 8.34. The molecule has 4 aromatic rings. The molecule has 1 amide bonds. The molecule has 37 heavy (non-hydrogen) atoms. The van der Waals surface area contributed by atoms with E-state index >= 15 is 0 Å². The Balaban J connectivity index is 1.51. The lowest BCUT2D eigenvalue weighted by atomic mass is 10.1. The summed E-state index contributed by atoms with van der Waals surface area (Å²) in [5.74, 6) is 0.418. The van der Waals surface area contributed by atoms with Crippen molar-refractivity contribution in [3.05, 3.63) is 90.2 Å². The summed E-state index contributed by atoms with van der Waals surface area (Å²) in [6.07, 6.45) is 6.29. The summed E-state index contributed by atoms with van der Waals surface area (Å²) in [7, 11) is 3.85. The summed E-state index contributed by atoms with van der Waals surface area (Å²) in [5.41, 5.74) is 10.0. The van der Waals surface area contributed by atoms with Crippen molar-refractivity contribution in [3.8, 4) is 0 Å². The van der Waals surface area contributed by atoms with E-state index in [4.69, 9.17) is 5.73 Å². The molecule has 5 N–H and O–H groups in total. The number of fused-ring (bicyclic) bond motifs is 1. The van der Waals surface area contributed by atoms with Crippen molar-refractivity contribution in [2.45, 2.75) is 13.1 Å². The van der Waals surface area contributed by atoms with Crippen LogP contribution in [0.3, 0.4) is 0 Å². The molecular formula is C27H29FN8O. The second-order valence-electron chi connectivity index (χ2n) is 8.65. The van der Waals surface area contributed by atoms with E-state index in [-0.39, 0.29) is 11.7 Å². The second-order valence-corrected chi connectivity index (χ2v) is 8.65. The van der Waals surface area contributed by atoms with Gasteiger partial charge in [-0.1, -0.05) is 18.2 Å². The largest absolute Gasteiger partial charge is 0.381 e. The number of nitrogens with zero attached hydrogens (tertiary/aromatic N) is 4. The SMILES string of the molecule is CN(C)C/C=C/C(=O)Nc1cc2c(Nc3ccc(NCc4cccc(F)c4)c(CN)c3)ncnc2cn1. The first-order chi connectivity index (χ1) is 17.9. The van der Waals surface area contributed by atoms with Crippen LogP contribution < -0.4 is 21.7 Å². The van der Waals surface area contributed by atoms with Gasteiger partial charge in [-0.3, -0.25) is 4.79 Å². The van der Waals surface area contributed by atoms with Gasteiger partial charge in [0.05, 0.1) is 11.7 Å². The molecule has 190 valence electrons. The van der Waals surface area contributed by atoms with E-state index in [2.05, 4.69) is 30.9 Å². The van der Waals surface area contributed by atoms with Gasteiger partial charge < -0.3 is 26.6 Å². The Morgan fingerprint density at radius 1 is 1.11 bits per heavy atom. The van der Waals surface area contributed by atoms with Crippen LogP contribution in [-0.2, 0) is 17.9 Å². The van der Waals surface area contributed by atoms with Gasteiger partial charge in [0.2, 0.25) is 5.91 Å². The molecule has 0 fully saturated rings. The van der Waals surface area contributed by atoms with E-state index in [1.165, 1.54) is 24.5 Å². The number of hydrogen-bond acceptors (Lipinski definition) is 8. The quantitative estimate of drug-likeness (QED) is 0.241. The van der Waals surface area contributed by atoms with E-state index in [1.54, 1.807) is 24.4 Å². The number of amides is 1. The smallest absolute Gasteiger partial charge is 0.249 e. The number of halogens is 1. The zero-order valence-corrected chi connectivity index (χ0v) is 20.7. The minimum Gasteiger partial charge on any atom is -0.381 e. The maximum atomic E-state index is 13.5. The third-order valence-electron chi connectivity index (χ3n) is 5.47. The van der Waals surface area contributed by atoms with Crippen molar-refractivity contribution in [2.24, 2.45) is 5.73 Å². The van der Waals surface area contributed by atoms with Crippen molar-refractivity contribution < 1.29 is 9.18 Å². The van der Waals surface area contributed by atoms with Gasteiger partial charge in [0.1, 0.15) is 23.8 Å². The number of nitrogens with one attached hydrogen (secondary N) is 3. The first-order valence-electron chi connectivity index (χ1n) is 11.7. The van der Waals surface area contributed by atoms with E-state index in [9.17, 15) is 9.18 Å². The van der Waals surface area contributed by atoms with Crippen LogP contribution in [0.15, 0.2) is 73.2 Å². The van der Waals surface area contributed by atoms with Crippen LogP contribution in [0.1, 0.15) is 11.1 Å². The highest BCUT2D eigenvalue weighted by molar-refractivity contribution is 6.00. The van der Waals surface area contributed by atoms with Crippen molar-refractivity contribution in [3.63, 3.8) is 0 Å². The molecule has 10 heteroatoms. The van der Waals surface area contributed by atoms with Crippen LogP contribution in [0.2, 0.25) is 0 Å². The molecule has 2 aromatic heterocycles. The Morgan fingerprint density at radius 3 is 2.76 bits per heavy atom. The Labute approximate surface area is 214 Å². The van der Waals surface area contributed by atoms with Crippen molar-refractivity contribution >= 4 is 39.8 Å². The zero-order valence-electron chi connectivity index (χ0n) is 20.7. The third kappa shape index (κ3) is 7.06. The topological polar surface area (TPSA) is 121 Å². The molecule has 0 aliphatic heterocycles. The summed E-state index contributed by atoms with van der Waals surface area (Å²) < 4.78 is 13.5. The standard InChI is InChI=1S/C27H29FN8O/c1-36(2)10-4-7-26(37)35-25-13-22-24(16-31-25)32-17-33-27(22)34-21-8-9-23(19(12-21)14-29)30-15-18-5-3-6-20(28)11-18/h3-9,11-13,16-17,30H,10,14-15,29H2,1-2H3,(H,31,35,37)(H,32,33,34)/b7-4+. The minimum atomic E-state index is -0.270. The van der Waals surface area contributed by atoms with E-state index in [1.807, 2.05) is 43.3 Å². The lowest BCUT2D eigenvalue weighted by Crippen LogP contribution is -2.13.